The summed E-state index contributed by atoms with van der Waals surface area (Å²) in [5.74, 6) is 11.1. The van der Waals surface area contributed by atoms with Crippen molar-refractivity contribution in [3.63, 3.8) is 0 Å². The van der Waals surface area contributed by atoms with Crippen molar-refractivity contribution in [3.8, 4) is 23.7 Å². The molecule has 0 bridgehead atoms. The number of unbranched alkanes of at least 4 members (excludes halogenated alkanes) is 3. The van der Waals surface area contributed by atoms with E-state index < -0.39 is 0 Å². The Bertz CT molecular complexity index is 383. The van der Waals surface area contributed by atoms with Crippen LogP contribution in [0.2, 0.25) is 0 Å². The Morgan fingerprint density at radius 3 is 2.35 bits per heavy atom. The quantitative estimate of drug-likeness (QED) is 0.271. The number of hydrogen-bond acceptors (Lipinski definition) is 0. The molecule has 0 fully saturated rings. The van der Waals surface area contributed by atoms with E-state index in [-0.39, 0.29) is 0 Å². The average Bonchev–Trinajstić information content (AvgIpc) is 2.35. The van der Waals surface area contributed by atoms with Crippen molar-refractivity contribution in [1.82, 2.24) is 0 Å². The van der Waals surface area contributed by atoms with Crippen molar-refractivity contribution in [3.05, 3.63) is 49.1 Å². The molecule has 0 aromatic heterocycles. The summed E-state index contributed by atoms with van der Waals surface area (Å²) in [7, 11) is 0. The van der Waals surface area contributed by atoms with Gasteiger partial charge in [-0.3, -0.25) is 0 Å². The molecule has 0 spiro atoms. The van der Waals surface area contributed by atoms with Crippen molar-refractivity contribution >= 4 is 0 Å². The highest BCUT2D eigenvalue weighted by molar-refractivity contribution is 5.34. The maximum Gasteiger partial charge on any atom is -0.0102 e. The minimum atomic E-state index is 1.11. The lowest BCUT2D eigenvalue weighted by Crippen LogP contribution is -1.70. The van der Waals surface area contributed by atoms with Crippen molar-refractivity contribution < 1.29 is 0 Å². The van der Waals surface area contributed by atoms with Gasteiger partial charge in [0.1, 0.15) is 0 Å². The summed E-state index contributed by atoms with van der Waals surface area (Å²) in [5, 5.41) is 0. The van der Waals surface area contributed by atoms with E-state index >= 15 is 0 Å². The van der Waals surface area contributed by atoms with Gasteiger partial charge in [0.15, 0.2) is 0 Å². The molecule has 0 radical (unpaired) electrons. The number of allylic oxidation sites excluding steroid dienone is 7. The van der Waals surface area contributed by atoms with E-state index in [1.807, 2.05) is 37.3 Å². The van der Waals surface area contributed by atoms with Gasteiger partial charge in [0.25, 0.3) is 0 Å². The molecule has 0 unspecified atom stereocenters. The van der Waals surface area contributed by atoms with Crippen LogP contribution >= 0.6 is 0 Å². The molecule has 0 amide bonds. The molecule has 0 aliphatic carbocycles. The van der Waals surface area contributed by atoms with Crippen LogP contribution in [0.5, 0.6) is 0 Å². The molecule has 0 aliphatic rings. The third-order valence-corrected chi connectivity index (χ3v) is 1.91. The first-order chi connectivity index (χ1) is 8.41. The first-order valence-electron chi connectivity index (χ1n) is 5.96. The van der Waals surface area contributed by atoms with Gasteiger partial charge in [-0.05, 0) is 56.6 Å². The number of rotatable bonds is 6. The minimum absolute atomic E-state index is 1.11. The second kappa shape index (κ2) is 14.1. The maximum atomic E-state index is 3.70. The van der Waals surface area contributed by atoms with Crippen LogP contribution in [0.3, 0.4) is 0 Å². The minimum Gasteiger partial charge on any atom is -0.103 e. The Labute approximate surface area is 106 Å². The highest BCUT2D eigenvalue weighted by Gasteiger charge is 1.80. The van der Waals surface area contributed by atoms with Crippen LogP contribution in [0, 0.1) is 23.7 Å². The Morgan fingerprint density at radius 1 is 0.941 bits per heavy atom. The topological polar surface area (TPSA) is 0 Å². The van der Waals surface area contributed by atoms with Gasteiger partial charge < -0.3 is 0 Å². The van der Waals surface area contributed by atoms with Crippen LogP contribution in [0.15, 0.2) is 49.1 Å². The lowest BCUT2D eigenvalue weighted by atomic mass is 10.2. The van der Waals surface area contributed by atoms with E-state index in [1.54, 1.807) is 6.08 Å². The zero-order chi connectivity index (χ0) is 12.6. The molecule has 17 heavy (non-hydrogen) atoms. The van der Waals surface area contributed by atoms with Crippen LogP contribution in [-0.4, -0.2) is 0 Å². The van der Waals surface area contributed by atoms with Gasteiger partial charge in [-0.15, -0.1) is 6.58 Å². The molecular formula is C17H20. The van der Waals surface area contributed by atoms with Crippen LogP contribution in [-0.2, 0) is 0 Å². The van der Waals surface area contributed by atoms with E-state index in [4.69, 9.17) is 0 Å². The van der Waals surface area contributed by atoms with E-state index in [2.05, 4.69) is 36.3 Å². The SMILES string of the molecule is C=CCCCC/C=C/C=C/C#CC#C/C=C/C. The van der Waals surface area contributed by atoms with Gasteiger partial charge in [0, 0.05) is 0 Å². The van der Waals surface area contributed by atoms with Crippen LogP contribution in [0.4, 0.5) is 0 Å². The van der Waals surface area contributed by atoms with Crippen molar-refractivity contribution in [2.45, 2.75) is 32.6 Å². The third kappa shape index (κ3) is 14.1. The van der Waals surface area contributed by atoms with Gasteiger partial charge in [-0.25, -0.2) is 0 Å². The monoisotopic (exact) mass is 224 g/mol. The van der Waals surface area contributed by atoms with Crippen LogP contribution < -0.4 is 0 Å². The Balaban J connectivity index is 3.63. The van der Waals surface area contributed by atoms with E-state index in [0.717, 1.165) is 12.8 Å². The molecule has 0 N–H and O–H groups in total. The fourth-order valence-electron chi connectivity index (χ4n) is 1.07. The van der Waals surface area contributed by atoms with Gasteiger partial charge in [0.2, 0.25) is 0 Å². The number of hydrogen-bond donors (Lipinski definition) is 0. The first-order valence-corrected chi connectivity index (χ1v) is 5.96. The average molecular weight is 224 g/mol. The zero-order valence-electron chi connectivity index (χ0n) is 10.6. The Morgan fingerprint density at radius 2 is 1.65 bits per heavy atom. The molecule has 0 heteroatoms. The van der Waals surface area contributed by atoms with E-state index in [1.165, 1.54) is 12.8 Å². The third-order valence-electron chi connectivity index (χ3n) is 1.91. The van der Waals surface area contributed by atoms with Gasteiger partial charge in [-0.1, -0.05) is 42.2 Å². The lowest BCUT2D eigenvalue weighted by Gasteiger charge is -1.90. The predicted octanol–water partition coefficient (Wildman–Crippen LogP) is 4.43. The highest BCUT2D eigenvalue weighted by Crippen LogP contribution is 2.00. The van der Waals surface area contributed by atoms with Gasteiger partial charge >= 0.3 is 0 Å². The standard InChI is InChI=1S/C17H20/c1-3-5-7-9-11-13-15-17-16-14-12-10-8-6-4-2/h3-4,6,13,15-17H,1,5,7,9,11H2,2H3/b6-4+,15-13+,17-16+. The molecule has 0 aliphatic heterocycles. The van der Waals surface area contributed by atoms with Gasteiger partial charge in [0.05, 0.1) is 0 Å². The Kier molecular flexibility index (Phi) is 12.5. The summed E-state index contributed by atoms with van der Waals surface area (Å²) in [6.07, 6.45) is 18.2. The molecule has 0 rings (SSSR count). The lowest BCUT2D eigenvalue weighted by molar-refractivity contribution is 0.763. The summed E-state index contributed by atoms with van der Waals surface area (Å²) < 4.78 is 0. The molecule has 0 heterocycles. The molecule has 0 aromatic carbocycles. The highest BCUT2D eigenvalue weighted by atomic mass is 13.9. The molecule has 0 nitrogen and oxygen atoms in total. The summed E-state index contributed by atoms with van der Waals surface area (Å²) in [6.45, 7) is 5.63. The second-order valence-corrected chi connectivity index (χ2v) is 3.40. The molecule has 0 saturated heterocycles. The second-order valence-electron chi connectivity index (χ2n) is 3.40. The Hall–Kier alpha value is -1.92. The van der Waals surface area contributed by atoms with Crippen molar-refractivity contribution in [2.75, 3.05) is 0 Å². The predicted molar refractivity (Wildman–Crippen MR) is 77.3 cm³/mol. The van der Waals surface area contributed by atoms with E-state index in [9.17, 15) is 0 Å². The van der Waals surface area contributed by atoms with E-state index in [0.29, 0.717) is 0 Å². The van der Waals surface area contributed by atoms with Crippen molar-refractivity contribution in [2.24, 2.45) is 0 Å². The largest absolute Gasteiger partial charge is 0.103 e. The fraction of sp³-hybridized carbons (Fsp3) is 0.294. The van der Waals surface area contributed by atoms with Crippen LogP contribution in [0.1, 0.15) is 32.6 Å². The first kappa shape index (κ1) is 15.1. The molecule has 88 valence electrons. The van der Waals surface area contributed by atoms with Gasteiger partial charge in [-0.2, -0.15) is 0 Å². The fourth-order valence-corrected chi connectivity index (χ4v) is 1.07. The molecular weight excluding hydrogens is 204 g/mol. The normalized spacial score (nSPS) is 10.2. The summed E-state index contributed by atoms with van der Waals surface area (Å²) in [5.41, 5.74) is 0. The smallest absolute Gasteiger partial charge is 0.0102 e. The summed E-state index contributed by atoms with van der Waals surface area (Å²) >= 11 is 0. The molecule has 0 saturated carbocycles. The van der Waals surface area contributed by atoms with Crippen molar-refractivity contribution in [1.29, 1.82) is 0 Å². The summed E-state index contributed by atoms with van der Waals surface area (Å²) in [4.78, 5) is 0. The summed E-state index contributed by atoms with van der Waals surface area (Å²) in [6, 6.07) is 0. The van der Waals surface area contributed by atoms with Crippen LogP contribution in [0.25, 0.3) is 0 Å². The maximum absolute atomic E-state index is 3.70. The zero-order valence-corrected chi connectivity index (χ0v) is 10.6. The molecule has 0 atom stereocenters. The molecule has 0 aromatic rings.